The number of halogens is 1. The topological polar surface area (TPSA) is 80.4 Å². The lowest BCUT2D eigenvalue weighted by molar-refractivity contribution is -0.384. The molecule has 0 aliphatic rings. The minimum atomic E-state index is -0.955. The summed E-state index contributed by atoms with van der Waals surface area (Å²) in [5.41, 5.74) is 0.550. The number of non-ortho nitro benzene ring substituents is 1. The molecule has 1 atom stereocenters. The summed E-state index contributed by atoms with van der Waals surface area (Å²) < 4.78 is 0. The first-order chi connectivity index (χ1) is 7.00. The minimum absolute atomic E-state index is 0.0395. The third-order valence-electron chi connectivity index (χ3n) is 1.80. The molecule has 1 rings (SSSR count). The van der Waals surface area contributed by atoms with Crippen LogP contribution >= 0.6 is 15.9 Å². The monoisotopic (exact) mass is 273 g/mol. The lowest BCUT2D eigenvalue weighted by Gasteiger charge is -2.06. The number of hydrogen-bond donors (Lipinski definition) is 1. The van der Waals surface area contributed by atoms with Gasteiger partial charge in [-0.15, -0.1) is 0 Å². The van der Waals surface area contributed by atoms with Crippen molar-refractivity contribution in [3.8, 4) is 0 Å². The van der Waals surface area contributed by atoms with Crippen molar-refractivity contribution in [2.24, 2.45) is 0 Å². The third-order valence-corrected chi connectivity index (χ3v) is 2.65. The maximum absolute atomic E-state index is 10.5. The summed E-state index contributed by atoms with van der Waals surface area (Å²) in [6.07, 6.45) is -0.110. The van der Waals surface area contributed by atoms with E-state index >= 15 is 0 Å². The first-order valence-corrected chi connectivity index (χ1v) is 5.02. The molecule has 0 radical (unpaired) electrons. The second-order valence-corrected chi connectivity index (χ2v) is 4.02. The predicted molar refractivity (Wildman–Crippen MR) is 57.0 cm³/mol. The average molecular weight is 274 g/mol. The van der Waals surface area contributed by atoms with E-state index in [2.05, 4.69) is 15.9 Å². The summed E-state index contributed by atoms with van der Waals surface area (Å²) in [5.74, 6) is -0.955. The van der Waals surface area contributed by atoms with E-state index in [0.717, 1.165) is 0 Å². The molecule has 0 amide bonds. The number of nitro benzene ring substituents is 1. The van der Waals surface area contributed by atoms with Gasteiger partial charge in [0.1, 0.15) is 0 Å². The zero-order chi connectivity index (χ0) is 11.4. The van der Waals surface area contributed by atoms with E-state index in [-0.39, 0.29) is 12.1 Å². The molecule has 1 aromatic carbocycles. The van der Waals surface area contributed by atoms with Crippen molar-refractivity contribution in [2.45, 2.75) is 11.2 Å². The summed E-state index contributed by atoms with van der Waals surface area (Å²) in [4.78, 5) is 20.0. The van der Waals surface area contributed by atoms with E-state index in [9.17, 15) is 14.9 Å². The van der Waals surface area contributed by atoms with Crippen molar-refractivity contribution in [2.75, 3.05) is 0 Å². The number of aliphatic carboxylic acids is 1. The number of nitro groups is 1. The molecule has 5 nitrogen and oxygen atoms in total. The third kappa shape index (κ3) is 3.32. The van der Waals surface area contributed by atoms with Crippen LogP contribution in [-0.2, 0) is 4.79 Å². The van der Waals surface area contributed by atoms with Gasteiger partial charge in [0, 0.05) is 12.1 Å². The highest BCUT2D eigenvalue weighted by molar-refractivity contribution is 9.09. The smallest absolute Gasteiger partial charge is 0.304 e. The van der Waals surface area contributed by atoms with Crippen molar-refractivity contribution < 1.29 is 14.8 Å². The van der Waals surface area contributed by atoms with Crippen molar-refractivity contribution in [3.05, 3.63) is 39.9 Å². The fraction of sp³-hybridized carbons (Fsp3) is 0.222. The largest absolute Gasteiger partial charge is 0.481 e. The zero-order valence-electron chi connectivity index (χ0n) is 7.59. The van der Waals surface area contributed by atoms with Gasteiger partial charge in [0.15, 0.2) is 0 Å². The summed E-state index contributed by atoms with van der Waals surface area (Å²) in [5, 5.41) is 19.0. The lowest BCUT2D eigenvalue weighted by Crippen LogP contribution is -2.01. The van der Waals surface area contributed by atoms with Crippen LogP contribution in [0.3, 0.4) is 0 Å². The molecule has 0 aliphatic heterocycles. The first kappa shape index (κ1) is 11.6. The molecule has 0 fully saturated rings. The molecule has 0 bridgehead atoms. The maximum Gasteiger partial charge on any atom is 0.304 e. The Morgan fingerprint density at radius 2 is 2.27 bits per heavy atom. The van der Waals surface area contributed by atoms with Crippen LogP contribution in [0.15, 0.2) is 24.3 Å². The van der Waals surface area contributed by atoms with Gasteiger partial charge in [-0.3, -0.25) is 14.9 Å². The molecule has 15 heavy (non-hydrogen) atoms. The molecule has 0 heterocycles. The minimum Gasteiger partial charge on any atom is -0.481 e. The molecule has 0 aliphatic carbocycles. The maximum atomic E-state index is 10.5. The van der Waals surface area contributed by atoms with E-state index in [1.54, 1.807) is 6.07 Å². The Morgan fingerprint density at radius 1 is 1.60 bits per heavy atom. The van der Waals surface area contributed by atoms with Crippen LogP contribution in [0.2, 0.25) is 0 Å². The highest BCUT2D eigenvalue weighted by Gasteiger charge is 2.14. The molecule has 0 unspecified atom stereocenters. The molecule has 0 aromatic heterocycles. The van der Waals surface area contributed by atoms with Gasteiger partial charge in [0.05, 0.1) is 16.2 Å². The standard InChI is InChI=1S/C9H8BrNO4/c10-8(5-9(12)13)6-2-1-3-7(4-6)11(14)15/h1-4,8H,5H2,(H,12,13)/t8-/m0/s1. The Morgan fingerprint density at radius 3 is 2.80 bits per heavy atom. The second-order valence-electron chi connectivity index (χ2n) is 2.92. The van der Waals surface area contributed by atoms with Crippen LogP contribution in [0.1, 0.15) is 16.8 Å². The highest BCUT2D eigenvalue weighted by Crippen LogP contribution is 2.28. The van der Waals surface area contributed by atoms with E-state index in [4.69, 9.17) is 5.11 Å². The highest BCUT2D eigenvalue weighted by atomic mass is 79.9. The van der Waals surface area contributed by atoms with E-state index < -0.39 is 15.7 Å². The Kier molecular flexibility index (Phi) is 3.79. The number of nitrogens with zero attached hydrogens (tertiary/aromatic N) is 1. The van der Waals surface area contributed by atoms with E-state index in [1.165, 1.54) is 18.2 Å². The predicted octanol–water partition coefficient (Wildman–Crippen LogP) is 2.51. The van der Waals surface area contributed by atoms with Gasteiger partial charge in [0.2, 0.25) is 0 Å². The van der Waals surface area contributed by atoms with Gasteiger partial charge in [-0.05, 0) is 5.56 Å². The number of benzene rings is 1. The quantitative estimate of drug-likeness (QED) is 0.519. The van der Waals surface area contributed by atoms with E-state index in [1.807, 2.05) is 0 Å². The van der Waals surface area contributed by atoms with Crippen molar-refractivity contribution in [3.63, 3.8) is 0 Å². The number of alkyl halides is 1. The summed E-state index contributed by atoms with van der Waals surface area (Å²) >= 11 is 3.17. The average Bonchev–Trinajstić information content (AvgIpc) is 2.17. The molecule has 1 N–H and O–H groups in total. The summed E-state index contributed by atoms with van der Waals surface area (Å²) in [6.45, 7) is 0. The van der Waals surface area contributed by atoms with E-state index in [0.29, 0.717) is 5.56 Å². The number of rotatable bonds is 4. The Labute approximate surface area is 94.0 Å². The molecule has 0 saturated heterocycles. The number of carbonyl (C=O) groups is 1. The number of carboxylic acids is 1. The van der Waals surface area contributed by atoms with Gasteiger partial charge >= 0.3 is 5.97 Å². The van der Waals surface area contributed by atoms with Crippen LogP contribution in [0.4, 0.5) is 5.69 Å². The Hall–Kier alpha value is -1.43. The molecule has 80 valence electrons. The molecule has 1 aromatic rings. The molecular formula is C9H8BrNO4. The molecule has 0 saturated carbocycles. The fourth-order valence-corrected chi connectivity index (χ4v) is 1.67. The normalized spacial score (nSPS) is 12.1. The van der Waals surface area contributed by atoms with Gasteiger partial charge < -0.3 is 5.11 Å². The number of hydrogen-bond acceptors (Lipinski definition) is 3. The first-order valence-electron chi connectivity index (χ1n) is 4.11. The molecule has 0 spiro atoms. The lowest BCUT2D eigenvalue weighted by atomic mass is 10.1. The van der Waals surface area contributed by atoms with Crippen LogP contribution < -0.4 is 0 Å². The van der Waals surface area contributed by atoms with Crippen LogP contribution in [0.5, 0.6) is 0 Å². The van der Waals surface area contributed by atoms with Crippen LogP contribution in [0.25, 0.3) is 0 Å². The van der Waals surface area contributed by atoms with Crippen molar-refractivity contribution in [1.29, 1.82) is 0 Å². The van der Waals surface area contributed by atoms with Gasteiger partial charge in [-0.2, -0.15) is 0 Å². The van der Waals surface area contributed by atoms with Gasteiger partial charge in [0.25, 0.3) is 5.69 Å². The SMILES string of the molecule is O=C(O)C[C@H](Br)c1cccc([N+](=O)[O-])c1. The summed E-state index contributed by atoms with van der Waals surface area (Å²) in [6, 6.07) is 5.91. The zero-order valence-corrected chi connectivity index (χ0v) is 9.18. The number of carboxylic acid groups (broad SMARTS) is 1. The van der Waals surface area contributed by atoms with Crippen molar-refractivity contribution >= 4 is 27.6 Å². The van der Waals surface area contributed by atoms with Crippen LogP contribution in [-0.4, -0.2) is 16.0 Å². The second kappa shape index (κ2) is 4.88. The van der Waals surface area contributed by atoms with Gasteiger partial charge in [-0.25, -0.2) is 0 Å². The Balaban J connectivity index is 2.89. The summed E-state index contributed by atoms with van der Waals surface area (Å²) in [7, 11) is 0. The Bertz CT molecular complexity index is 393. The molecular weight excluding hydrogens is 266 g/mol. The van der Waals surface area contributed by atoms with Crippen LogP contribution in [0, 0.1) is 10.1 Å². The van der Waals surface area contributed by atoms with Gasteiger partial charge in [-0.1, -0.05) is 28.1 Å². The fourth-order valence-electron chi connectivity index (χ4n) is 1.10. The molecule has 6 heteroatoms. The van der Waals surface area contributed by atoms with Crippen molar-refractivity contribution in [1.82, 2.24) is 0 Å².